The van der Waals surface area contributed by atoms with E-state index in [1.807, 2.05) is 27.7 Å². The number of nitrogens with zero attached hydrogens (tertiary/aromatic N) is 1. The number of hydrogen-bond acceptors (Lipinski definition) is 4. The Morgan fingerprint density at radius 3 is 1.95 bits per heavy atom. The molecule has 5 heteroatoms. The van der Waals surface area contributed by atoms with Gasteiger partial charge in [-0.1, -0.05) is 26.7 Å². The Kier molecular flexibility index (Phi) is 7.37. The van der Waals surface area contributed by atoms with E-state index in [9.17, 15) is 9.59 Å². The summed E-state index contributed by atoms with van der Waals surface area (Å²) >= 11 is 0. The van der Waals surface area contributed by atoms with Gasteiger partial charge >= 0.3 is 5.97 Å². The highest BCUT2D eigenvalue weighted by Crippen LogP contribution is 2.31. The smallest absolute Gasteiger partial charge is 0.325 e. The van der Waals surface area contributed by atoms with Gasteiger partial charge in [-0.2, -0.15) is 0 Å². The van der Waals surface area contributed by atoms with Crippen LogP contribution in [-0.4, -0.2) is 42.5 Å². The Balaban J connectivity index is 5.28. The Labute approximate surface area is 129 Å². The number of amides is 1. The van der Waals surface area contributed by atoms with Gasteiger partial charge in [0.15, 0.2) is 0 Å². The summed E-state index contributed by atoms with van der Waals surface area (Å²) in [7, 11) is 1.33. The summed E-state index contributed by atoms with van der Waals surface area (Å²) in [5.74, 6) is -0.137. The molecule has 2 N–H and O–H groups in total. The van der Waals surface area contributed by atoms with Crippen LogP contribution in [-0.2, 0) is 14.3 Å². The van der Waals surface area contributed by atoms with Gasteiger partial charge in [-0.25, -0.2) is 0 Å². The second-order valence-corrected chi connectivity index (χ2v) is 6.79. The Morgan fingerprint density at radius 2 is 1.62 bits per heavy atom. The zero-order valence-corrected chi connectivity index (χ0v) is 14.7. The van der Waals surface area contributed by atoms with Crippen molar-refractivity contribution in [2.45, 2.75) is 59.9 Å². The summed E-state index contributed by atoms with van der Waals surface area (Å²) in [6, 6.07) is 0. The van der Waals surface area contributed by atoms with Gasteiger partial charge in [0.05, 0.1) is 12.5 Å². The molecule has 0 aliphatic rings. The highest BCUT2D eigenvalue weighted by atomic mass is 16.5. The first kappa shape index (κ1) is 19.9. The van der Waals surface area contributed by atoms with Crippen LogP contribution in [0.2, 0.25) is 0 Å². The molecule has 0 unspecified atom stereocenters. The quantitative estimate of drug-likeness (QED) is 0.697. The highest BCUT2D eigenvalue weighted by Gasteiger charge is 2.43. The van der Waals surface area contributed by atoms with Gasteiger partial charge in [0.25, 0.3) is 0 Å². The second kappa shape index (κ2) is 7.78. The van der Waals surface area contributed by atoms with E-state index in [2.05, 4.69) is 13.8 Å². The summed E-state index contributed by atoms with van der Waals surface area (Å²) < 4.78 is 4.71. The number of nitrogens with two attached hydrogens (primary N) is 1. The first-order valence-corrected chi connectivity index (χ1v) is 7.66. The third-order valence-corrected chi connectivity index (χ3v) is 4.61. The molecule has 0 heterocycles. The molecule has 0 aliphatic heterocycles. The molecule has 0 aromatic heterocycles. The Bertz CT molecular complexity index is 355. The van der Waals surface area contributed by atoms with Crippen molar-refractivity contribution in [2.75, 3.05) is 20.2 Å². The van der Waals surface area contributed by atoms with Gasteiger partial charge in [0, 0.05) is 12.1 Å². The van der Waals surface area contributed by atoms with Crippen LogP contribution in [0, 0.1) is 11.3 Å². The second-order valence-electron chi connectivity index (χ2n) is 6.79. The average Bonchev–Trinajstić information content (AvgIpc) is 2.40. The molecule has 124 valence electrons. The first-order valence-electron chi connectivity index (χ1n) is 7.66. The monoisotopic (exact) mass is 300 g/mol. The fourth-order valence-electron chi connectivity index (χ4n) is 1.97. The third-order valence-electron chi connectivity index (χ3n) is 4.61. The standard InChI is InChI=1S/C16H32N2O3/c1-8-12(9-2)10-18(11-13(19)21-7)14(20)15(3,4)16(5,6)17/h12H,8-11,17H2,1-7H3. The SMILES string of the molecule is CCC(CC)CN(CC(=O)OC)C(=O)C(C)(C)C(C)(C)N. The van der Waals surface area contributed by atoms with Crippen molar-refractivity contribution in [1.82, 2.24) is 4.90 Å². The summed E-state index contributed by atoms with van der Waals surface area (Å²) in [5, 5.41) is 0. The summed E-state index contributed by atoms with van der Waals surface area (Å²) in [5.41, 5.74) is 4.72. The van der Waals surface area contributed by atoms with Crippen LogP contribution in [0.15, 0.2) is 0 Å². The highest BCUT2D eigenvalue weighted by molar-refractivity contribution is 5.87. The number of carbonyl (C=O) groups is 2. The van der Waals surface area contributed by atoms with E-state index in [1.54, 1.807) is 4.90 Å². The number of esters is 1. The van der Waals surface area contributed by atoms with Crippen LogP contribution >= 0.6 is 0 Å². The predicted octanol–water partition coefficient (Wildman–Crippen LogP) is 2.19. The van der Waals surface area contributed by atoms with Crippen molar-refractivity contribution in [3.05, 3.63) is 0 Å². The Hall–Kier alpha value is -1.10. The predicted molar refractivity (Wildman–Crippen MR) is 84.7 cm³/mol. The van der Waals surface area contributed by atoms with E-state index in [-0.39, 0.29) is 12.5 Å². The number of ether oxygens (including phenoxy) is 1. The molecule has 0 rings (SSSR count). The summed E-state index contributed by atoms with van der Waals surface area (Å²) in [6.07, 6.45) is 1.93. The van der Waals surface area contributed by atoms with E-state index < -0.39 is 16.9 Å². The molecule has 5 nitrogen and oxygen atoms in total. The fourth-order valence-corrected chi connectivity index (χ4v) is 1.97. The fraction of sp³-hybridized carbons (Fsp3) is 0.875. The molecule has 1 amide bonds. The molecule has 0 bridgehead atoms. The zero-order valence-electron chi connectivity index (χ0n) is 14.7. The lowest BCUT2D eigenvalue weighted by Crippen LogP contribution is -2.57. The van der Waals surface area contributed by atoms with Crippen molar-refractivity contribution in [3.8, 4) is 0 Å². The van der Waals surface area contributed by atoms with Gasteiger partial charge in [-0.15, -0.1) is 0 Å². The van der Waals surface area contributed by atoms with Crippen LogP contribution in [0.5, 0.6) is 0 Å². The number of carbonyl (C=O) groups excluding carboxylic acids is 2. The van der Waals surface area contributed by atoms with Gasteiger partial charge in [0.2, 0.25) is 5.91 Å². The molecule has 0 saturated carbocycles. The van der Waals surface area contributed by atoms with E-state index in [0.717, 1.165) is 12.8 Å². The largest absolute Gasteiger partial charge is 0.468 e. The molecule has 0 atom stereocenters. The maximum absolute atomic E-state index is 12.9. The minimum Gasteiger partial charge on any atom is -0.468 e. The van der Waals surface area contributed by atoms with E-state index in [0.29, 0.717) is 12.5 Å². The summed E-state index contributed by atoms with van der Waals surface area (Å²) in [6.45, 7) is 12.0. The van der Waals surface area contributed by atoms with Crippen molar-refractivity contribution >= 4 is 11.9 Å². The average molecular weight is 300 g/mol. The van der Waals surface area contributed by atoms with Gasteiger partial charge < -0.3 is 15.4 Å². The minimum absolute atomic E-state index is 0.0225. The van der Waals surface area contributed by atoms with Gasteiger partial charge in [-0.3, -0.25) is 9.59 Å². The molecule has 0 spiro atoms. The zero-order chi connectivity index (χ0) is 16.8. The minimum atomic E-state index is -0.757. The third kappa shape index (κ3) is 5.30. The van der Waals surface area contributed by atoms with E-state index in [4.69, 9.17) is 10.5 Å². The van der Waals surface area contributed by atoms with Crippen molar-refractivity contribution in [2.24, 2.45) is 17.1 Å². The van der Waals surface area contributed by atoms with Crippen LogP contribution < -0.4 is 5.73 Å². The van der Waals surface area contributed by atoms with Crippen LogP contribution in [0.3, 0.4) is 0 Å². The summed E-state index contributed by atoms with van der Waals surface area (Å²) in [4.78, 5) is 26.1. The molecule has 21 heavy (non-hydrogen) atoms. The molecular formula is C16H32N2O3. The molecule has 0 aliphatic carbocycles. The molecule has 0 radical (unpaired) electrons. The lowest BCUT2D eigenvalue weighted by molar-refractivity contribution is -0.153. The van der Waals surface area contributed by atoms with Crippen molar-refractivity contribution in [3.63, 3.8) is 0 Å². The molecule has 0 aromatic carbocycles. The van der Waals surface area contributed by atoms with E-state index in [1.165, 1.54) is 7.11 Å². The topological polar surface area (TPSA) is 72.6 Å². The van der Waals surface area contributed by atoms with Gasteiger partial charge in [-0.05, 0) is 33.6 Å². The Morgan fingerprint density at radius 1 is 1.14 bits per heavy atom. The van der Waals surface area contributed by atoms with Crippen molar-refractivity contribution < 1.29 is 14.3 Å². The van der Waals surface area contributed by atoms with Crippen LogP contribution in [0.4, 0.5) is 0 Å². The first-order chi connectivity index (χ1) is 9.51. The number of hydrogen-bond donors (Lipinski definition) is 1. The van der Waals surface area contributed by atoms with Crippen LogP contribution in [0.25, 0.3) is 0 Å². The molecule has 0 aromatic rings. The number of methoxy groups -OCH3 is 1. The molecule has 0 fully saturated rings. The molecule has 0 saturated heterocycles. The van der Waals surface area contributed by atoms with Crippen LogP contribution in [0.1, 0.15) is 54.4 Å². The van der Waals surface area contributed by atoms with Crippen molar-refractivity contribution in [1.29, 1.82) is 0 Å². The molecular weight excluding hydrogens is 268 g/mol. The maximum atomic E-state index is 12.9. The van der Waals surface area contributed by atoms with E-state index >= 15 is 0 Å². The maximum Gasteiger partial charge on any atom is 0.325 e. The lowest BCUT2D eigenvalue weighted by atomic mass is 9.74. The normalized spacial score (nSPS) is 12.4. The lowest BCUT2D eigenvalue weighted by Gasteiger charge is -2.41. The van der Waals surface area contributed by atoms with Gasteiger partial charge in [0.1, 0.15) is 6.54 Å². The number of rotatable bonds is 8.